The van der Waals surface area contributed by atoms with Crippen molar-refractivity contribution in [2.75, 3.05) is 25.2 Å². The summed E-state index contributed by atoms with van der Waals surface area (Å²) in [5.41, 5.74) is 2.98. The van der Waals surface area contributed by atoms with E-state index in [9.17, 15) is 9.59 Å². The van der Waals surface area contributed by atoms with Crippen molar-refractivity contribution in [1.29, 1.82) is 0 Å². The van der Waals surface area contributed by atoms with Crippen LogP contribution in [-0.4, -0.2) is 36.7 Å². The van der Waals surface area contributed by atoms with Gasteiger partial charge < -0.3 is 14.8 Å². The highest BCUT2D eigenvalue weighted by atomic mass is 16.7. The Bertz CT molecular complexity index is 982. The van der Waals surface area contributed by atoms with Gasteiger partial charge in [0.1, 0.15) is 0 Å². The van der Waals surface area contributed by atoms with Crippen molar-refractivity contribution < 1.29 is 19.1 Å². The van der Waals surface area contributed by atoms with Gasteiger partial charge in [-0.2, -0.15) is 0 Å². The molecule has 1 atom stereocenters. The molecule has 0 aromatic heterocycles. The normalized spacial score (nSPS) is 16.2. The van der Waals surface area contributed by atoms with Gasteiger partial charge in [0.05, 0.1) is 13.1 Å². The number of anilines is 1. The van der Waals surface area contributed by atoms with Crippen molar-refractivity contribution >= 4 is 17.6 Å². The summed E-state index contributed by atoms with van der Waals surface area (Å²) in [6.45, 7) is 0.521. The number of urea groups is 1. The number of benzene rings is 2. The molecular formula is C22H21N3O4. The third-order valence-electron chi connectivity index (χ3n) is 5.07. The fraction of sp³-hybridized carbons (Fsp3) is 0.273. The van der Waals surface area contributed by atoms with Crippen LogP contribution in [0.5, 0.6) is 11.5 Å². The molecule has 2 aromatic carbocycles. The molecule has 1 heterocycles. The number of carbonyl (C=O) groups excluding carboxylic acids is 2. The number of nitrogens with one attached hydrogen (secondary N) is 2. The molecule has 7 heteroatoms. The van der Waals surface area contributed by atoms with E-state index < -0.39 is 11.9 Å². The molecule has 3 amide bonds. The lowest BCUT2D eigenvalue weighted by Crippen LogP contribution is -2.43. The lowest BCUT2D eigenvalue weighted by molar-refractivity contribution is -0.121. The van der Waals surface area contributed by atoms with Gasteiger partial charge in [-0.1, -0.05) is 30.2 Å². The van der Waals surface area contributed by atoms with Gasteiger partial charge in [0.15, 0.2) is 11.5 Å². The fourth-order valence-electron chi connectivity index (χ4n) is 3.79. The molecule has 2 N–H and O–H groups in total. The second-order valence-electron chi connectivity index (χ2n) is 6.93. The van der Waals surface area contributed by atoms with E-state index in [0.29, 0.717) is 23.7 Å². The zero-order chi connectivity index (χ0) is 20.2. The Labute approximate surface area is 169 Å². The van der Waals surface area contributed by atoms with Gasteiger partial charge in [-0.05, 0) is 36.1 Å². The number of rotatable bonds is 5. The van der Waals surface area contributed by atoms with E-state index in [1.807, 2.05) is 17.0 Å². The molecule has 0 radical (unpaired) electrons. The van der Waals surface area contributed by atoms with Gasteiger partial charge in [0.25, 0.3) is 0 Å². The molecular weight excluding hydrogens is 370 g/mol. The molecule has 1 unspecified atom stereocenters. The first-order valence-electron chi connectivity index (χ1n) is 9.40. The Hall–Kier alpha value is -3.50. The van der Waals surface area contributed by atoms with Crippen LogP contribution in [0.4, 0.5) is 10.5 Å². The van der Waals surface area contributed by atoms with Gasteiger partial charge in [0, 0.05) is 17.8 Å². The molecule has 1 aliphatic carbocycles. The molecule has 2 aliphatic rings. The standard InChI is InChI=1S/C22H21N3O4/c1-2-11-25(18-9-7-15-5-3-4-6-17(15)18)13-21(26)24-22(27)23-16-8-10-19-20(12-16)29-14-28-19/h1,3-6,8,10,12,18H,7,9,11,13-14H2,(H2,23,24,26,27). The predicted molar refractivity (Wildman–Crippen MR) is 108 cm³/mol. The average Bonchev–Trinajstić information content (AvgIpc) is 3.34. The van der Waals surface area contributed by atoms with Crippen molar-refractivity contribution in [3.63, 3.8) is 0 Å². The van der Waals surface area contributed by atoms with Crippen molar-refractivity contribution in [1.82, 2.24) is 10.2 Å². The lowest BCUT2D eigenvalue weighted by atomic mass is 10.1. The van der Waals surface area contributed by atoms with Crippen LogP contribution in [-0.2, 0) is 11.2 Å². The highest BCUT2D eigenvalue weighted by Gasteiger charge is 2.28. The first kappa shape index (κ1) is 18.8. The molecule has 0 saturated heterocycles. The molecule has 1 aliphatic heterocycles. The van der Waals surface area contributed by atoms with Crippen molar-refractivity contribution in [3.05, 3.63) is 53.6 Å². The number of imide groups is 1. The van der Waals surface area contributed by atoms with Crippen molar-refractivity contribution in [2.45, 2.75) is 18.9 Å². The number of nitrogens with zero attached hydrogens (tertiary/aromatic N) is 1. The number of hydrogen-bond acceptors (Lipinski definition) is 5. The Morgan fingerprint density at radius 3 is 2.86 bits per heavy atom. The fourth-order valence-corrected chi connectivity index (χ4v) is 3.79. The minimum atomic E-state index is -0.610. The van der Waals surface area contributed by atoms with Crippen molar-refractivity contribution in [3.8, 4) is 23.8 Å². The first-order chi connectivity index (χ1) is 14.1. The first-order valence-corrected chi connectivity index (χ1v) is 9.40. The molecule has 7 nitrogen and oxygen atoms in total. The Morgan fingerprint density at radius 2 is 2.00 bits per heavy atom. The number of carbonyl (C=O) groups is 2. The number of amides is 3. The summed E-state index contributed by atoms with van der Waals surface area (Å²) in [4.78, 5) is 26.6. The quantitative estimate of drug-likeness (QED) is 0.766. The molecule has 0 saturated carbocycles. The molecule has 0 bridgehead atoms. The zero-order valence-corrected chi connectivity index (χ0v) is 15.8. The van der Waals surface area contributed by atoms with Crippen LogP contribution in [0.1, 0.15) is 23.6 Å². The van der Waals surface area contributed by atoms with E-state index in [1.165, 1.54) is 11.1 Å². The summed E-state index contributed by atoms with van der Waals surface area (Å²) in [7, 11) is 0. The van der Waals surface area contributed by atoms with E-state index in [4.69, 9.17) is 15.9 Å². The summed E-state index contributed by atoms with van der Waals surface area (Å²) >= 11 is 0. The van der Waals surface area contributed by atoms with Gasteiger partial charge in [-0.25, -0.2) is 4.79 Å². The smallest absolute Gasteiger partial charge is 0.325 e. The van der Waals surface area contributed by atoms with Crippen molar-refractivity contribution in [2.24, 2.45) is 0 Å². The van der Waals surface area contributed by atoms with E-state index in [0.717, 1.165) is 12.8 Å². The second-order valence-corrected chi connectivity index (χ2v) is 6.93. The minimum Gasteiger partial charge on any atom is -0.454 e. The van der Waals surface area contributed by atoms with Gasteiger partial charge >= 0.3 is 6.03 Å². The highest BCUT2D eigenvalue weighted by Crippen LogP contribution is 2.35. The Balaban J connectivity index is 1.36. The van der Waals surface area contributed by atoms with E-state index in [1.54, 1.807) is 18.2 Å². The maximum atomic E-state index is 12.5. The molecule has 29 heavy (non-hydrogen) atoms. The highest BCUT2D eigenvalue weighted by molar-refractivity contribution is 6.01. The Morgan fingerprint density at radius 1 is 1.17 bits per heavy atom. The largest absolute Gasteiger partial charge is 0.454 e. The summed E-state index contributed by atoms with van der Waals surface area (Å²) in [6, 6.07) is 12.7. The van der Waals surface area contributed by atoms with Crippen LogP contribution in [0.25, 0.3) is 0 Å². The van der Waals surface area contributed by atoms with Gasteiger partial charge in [-0.3, -0.25) is 15.0 Å². The number of aryl methyl sites for hydroxylation is 1. The number of ether oxygens (including phenoxy) is 2. The van der Waals surface area contributed by atoms with Crippen LogP contribution in [0, 0.1) is 12.3 Å². The minimum absolute atomic E-state index is 0.0394. The monoisotopic (exact) mass is 391 g/mol. The summed E-state index contributed by atoms with van der Waals surface area (Å²) in [5, 5.41) is 4.99. The number of terminal acetylenes is 1. The summed E-state index contributed by atoms with van der Waals surface area (Å²) in [5.74, 6) is 3.37. The van der Waals surface area contributed by atoms with Crippen LogP contribution < -0.4 is 20.1 Å². The third kappa shape index (κ3) is 4.18. The SMILES string of the molecule is C#CCN(CC(=O)NC(=O)Nc1ccc2c(c1)OCO2)C1CCc2ccccc21. The third-order valence-corrected chi connectivity index (χ3v) is 5.07. The summed E-state index contributed by atoms with van der Waals surface area (Å²) in [6.07, 6.45) is 7.37. The van der Waals surface area contributed by atoms with E-state index >= 15 is 0 Å². The van der Waals surface area contributed by atoms with Crippen LogP contribution in [0.15, 0.2) is 42.5 Å². The Kier molecular flexibility index (Phi) is 5.36. The number of hydrogen-bond donors (Lipinski definition) is 2. The van der Waals surface area contributed by atoms with Crippen LogP contribution in [0.2, 0.25) is 0 Å². The molecule has 2 aromatic rings. The maximum absolute atomic E-state index is 12.5. The molecule has 0 fully saturated rings. The maximum Gasteiger partial charge on any atom is 0.325 e. The molecule has 148 valence electrons. The molecule has 4 rings (SSSR count). The van der Waals surface area contributed by atoms with Gasteiger partial charge in [-0.15, -0.1) is 6.42 Å². The van der Waals surface area contributed by atoms with Crippen LogP contribution >= 0.6 is 0 Å². The van der Waals surface area contributed by atoms with Crippen LogP contribution in [0.3, 0.4) is 0 Å². The predicted octanol–water partition coefficient (Wildman–Crippen LogP) is 2.69. The van der Waals surface area contributed by atoms with E-state index in [2.05, 4.69) is 28.7 Å². The average molecular weight is 391 g/mol. The number of fused-ring (bicyclic) bond motifs is 2. The summed E-state index contributed by atoms with van der Waals surface area (Å²) < 4.78 is 10.5. The van der Waals surface area contributed by atoms with Gasteiger partial charge in [0.2, 0.25) is 12.7 Å². The van der Waals surface area contributed by atoms with E-state index in [-0.39, 0.29) is 19.4 Å². The topological polar surface area (TPSA) is 79.9 Å². The second kappa shape index (κ2) is 8.25. The lowest BCUT2D eigenvalue weighted by Gasteiger charge is -2.27. The molecule has 0 spiro atoms. The zero-order valence-electron chi connectivity index (χ0n) is 15.8.